The van der Waals surface area contributed by atoms with Gasteiger partial charge in [0.05, 0.1) is 12.0 Å². The van der Waals surface area contributed by atoms with Crippen molar-refractivity contribution >= 4 is 5.97 Å². The molecule has 110 valence electrons. The predicted molar refractivity (Wildman–Crippen MR) is 68.2 cm³/mol. The lowest BCUT2D eigenvalue weighted by Gasteiger charge is -2.11. The highest BCUT2D eigenvalue weighted by molar-refractivity contribution is 5.76. The number of halogens is 4. The van der Waals surface area contributed by atoms with Crippen molar-refractivity contribution in [1.82, 2.24) is 0 Å². The smallest absolute Gasteiger partial charge is 0.416 e. The molecule has 2 aromatic rings. The van der Waals surface area contributed by atoms with E-state index in [2.05, 4.69) is 0 Å². The number of alkyl halides is 3. The van der Waals surface area contributed by atoms with E-state index in [1.807, 2.05) is 0 Å². The van der Waals surface area contributed by atoms with Crippen molar-refractivity contribution in [2.45, 2.75) is 12.6 Å². The number of hydrogen-bond donors (Lipinski definition) is 1. The van der Waals surface area contributed by atoms with Gasteiger partial charge in [0.1, 0.15) is 5.82 Å². The van der Waals surface area contributed by atoms with Gasteiger partial charge in [-0.1, -0.05) is 18.2 Å². The van der Waals surface area contributed by atoms with Gasteiger partial charge in [-0.2, -0.15) is 13.2 Å². The molecule has 0 aliphatic rings. The molecule has 2 aromatic carbocycles. The topological polar surface area (TPSA) is 37.3 Å². The monoisotopic (exact) mass is 298 g/mol. The molecule has 0 atom stereocenters. The summed E-state index contributed by atoms with van der Waals surface area (Å²) >= 11 is 0. The van der Waals surface area contributed by atoms with Crippen LogP contribution in [0.1, 0.15) is 11.1 Å². The lowest BCUT2D eigenvalue weighted by Crippen LogP contribution is -2.05. The van der Waals surface area contributed by atoms with Crippen LogP contribution < -0.4 is 0 Å². The molecule has 0 aliphatic carbocycles. The Balaban J connectivity index is 2.44. The van der Waals surface area contributed by atoms with Crippen LogP contribution in [-0.4, -0.2) is 11.1 Å². The maximum atomic E-state index is 13.2. The molecule has 6 heteroatoms. The molecule has 0 aliphatic heterocycles. The zero-order valence-electron chi connectivity index (χ0n) is 10.6. The summed E-state index contributed by atoms with van der Waals surface area (Å²) in [6, 6.07) is 7.85. The van der Waals surface area contributed by atoms with E-state index in [0.29, 0.717) is 11.1 Å². The first-order chi connectivity index (χ1) is 9.77. The van der Waals surface area contributed by atoms with Crippen LogP contribution in [0.25, 0.3) is 11.1 Å². The highest BCUT2D eigenvalue weighted by Gasteiger charge is 2.30. The van der Waals surface area contributed by atoms with Gasteiger partial charge in [-0.3, -0.25) is 4.79 Å². The zero-order chi connectivity index (χ0) is 15.6. The molecule has 0 radical (unpaired) electrons. The first-order valence-corrected chi connectivity index (χ1v) is 5.95. The first-order valence-electron chi connectivity index (χ1n) is 5.95. The summed E-state index contributed by atoms with van der Waals surface area (Å²) in [5, 5.41) is 8.81. The predicted octanol–water partition coefficient (Wildman–Crippen LogP) is 4.14. The third kappa shape index (κ3) is 3.59. The fourth-order valence-corrected chi connectivity index (χ4v) is 1.99. The molecule has 0 saturated carbocycles. The van der Waals surface area contributed by atoms with Gasteiger partial charge in [0.15, 0.2) is 0 Å². The van der Waals surface area contributed by atoms with Crippen LogP contribution in [0.15, 0.2) is 42.5 Å². The number of carbonyl (C=O) groups is 1. The fraction of sp³-hybridized carbons (Fsp3) is 0.133. The maximum Gasteiger partial charge on any atom is 0.416 e. The van der Waals surface area contributed by atoms with Crippen molar-refractivity contribution < 1.29 is 27.5 Å². The second kappa shape index (κ2) is 5.55. The van der Waals surface area contributed by atoms with Crippen LogP contribution in [0, 0.1) is 5.82 Å². The minimum Gasteiger partial charge on any atom is -0.481 e. The Kier molecular flexibility index (Phi) is 3.97. The number of aliphatic carboxylic acids is 1. The number of carboxylic acid groups (broad SMARTS) is 1. The molecular weight excluding hydrogens is 288 g/mol. The third-order valence-corrected chi connectivity index (χ3v) is 2.93. The molecule has 0 spiro atoms. The van der Waals surface area contributed by atoms with Crippen LogP contribution >= 0.6 is 0 Å². The number of benzene rings is 2. The number of hydrogen-bond acceptors (Lipinski definition) is 1. The lowest BCUT2D eigenvalue weighted by molar-refractivity contribution is -0.138. The Morgan fingerprint density at radius 2 is 1.67 bits per heavy atom. The average molecular weight is 298 g/mol. The van der Waals surface area contributed by atoms with Crippen LogP contribution in [0.2, 0.25) is 0 Å². The third-order valence-electron chi connectivity index (χ3n) is 2.93. The molecule has 21 heavy (non-hydrogen) atoms. The van der Waals surface area contributed by atoms with Crippen molar-refractivity contribution in [2.75, 3.05) is 0 Å². The van der Waals surface area contributed by atoms with E-state index in [9.17, 15) is 22.4 Å². The highest BCUT2D eigenvalue weighted by atomic mass is 19.4. The second-order valence-corrected chi connectivity index (χ2v) is 4.45. The summed E-state index contributed by atoms with van der Waals surface area (Å²) < 4.78 is 50.7. The molecule has 0 fully saturated rings. The molecule has 2 rings (SSSR count). The molecular formula is C15H10F4O2. The van der Waals surface area contributed by atoms with E-state index in [-0.39, 0.29) is 5.56 Å². The SMILES string of the molecule is O=C(O)Cc1cc(F)ccc1-c1ccc(C(F)(F)F)cc1. The van der Waals surface area contributed by atoms with E-state index in [0.717, 1.165) is 24.3 Å². The van der Waals surface area contributed by atoms with Gasteiger partial charge in [-0.05, 0) is 41.0 Å². The first kappa shape index (κ1) is 15.0. The molecule has 0 saturated heterocycles. The summed E-state index contributed by atoms with van der Waals surface area (Å²) in [4.78, 5) is 10.8. The molecule has 2 nitrogen and oxygen atoms in total. The van der Waals surface area contributed by atoms with Crippen LogP contribution in [0.4, 0.5) is 17.6 Å². The van der Waals surface area contributed by atoms with E-state index in [1.54, 1.807) is 0 Å². The van der Waals surface area contributed by atoms with Gasteiger partial charge in [0.25, 0.3) is 0 Å². The van der Waals surface area contributed by atoms with Crippen LogP contribution in [-0.2, 0) is 17.4 Å². The Hall–Kier alpha value is -2.37. The van der Waals surface area contributed by atoms with Crippen molar-refractivity contribution in [2.24, 2.45) is 0 Å². The molecule has 0 bridgehead atoms. The van der Waals surface area contributed by atoms with Crippen molar-refractivity contribution in [1.29, 1.82) is 0 Å². The van der Waals surface area contributed by atoms with Gasteiger partial charge in [-0.15, -0.1) is 0 Å². The van der Waals surface area contributed by atoms with Crippen molar-refractivity contribution in [3.05, 3.63) is 59.4 Å². The van der Waals surface area contributed by atoms with E-state index >= 15 is 0 Å². The Labute approximate surface area is 117 Å². The fourth-order valence-electron chi connectivity index (χ4n) is 1.99. The van der Waals surface area contributed by atoms with Gasteiger partial charge in [0.2, 0.25) is 0 Å². The minimum atomic E-state index is -4.44. The van der Waals surface area contributed by atoms with Gasteiger partial charge in [0, 0.05) is 0 Å². The summed E-state index contributed by atoms with van der Waals surface area (Å²) in [7, 11) is 0. The summed E-state index contributed by atoms with van der Waals surface area (Å²) in [6.45, 7) is 0. The van der Waals surface area contributed by atoms with E-state index in [4.69, 9.17) is 5.11 Å². The normalized spacial score (nSPS) is 11.4. The minimum absolute atomic E-state index is 0.210. The Morgan fingerprint density at radius 3 is 2.19 bits per heavy atom. The van der Waals surface area contributed by atoms with Crippen LogP contribution in [0.3, 0.4) is 0 Å². The van der Waals surface area contributed by atoms with Crippen LogP contribution in [0.5, 0.6) is 0 Å². The van der Waals surface area contributed by atoms with Gasteiger partial charge >= 0.3 is 12.1 Å². The molecule has 0 unspecified atom stereocenters. The summed E-state index contributed by atoms with van der Waals surface area (Å²) in [5.41, 5.74) is 0.210. The molecule has 1 N–H and O–H groups in total. The zero-order valence-corrected chi connectivity index (χ0v) is 10.6. The molecule has 0 heterocycles. The van der Waals surface area contributed by atoms with Gasteiger partial charge < -0.3 is 5.11 Å². The van der Waals surface area contributed by atoms with Crippen molar-refractivity contribution in [3.63, 3.8) is 0 Å². The quantitative estimate of drug-likeness (QED) is 0.865. The molecule has 0 aromatic heterocycles. The largest absolute Gasteiger partial charge is 0.481 e. The lowest BCUT2D eigenvalue weighted by atomic mass is 9.96. The van der Waals surface area contributed by atoms with E-state index < -0.39 is 29.9 Å². The Morgan fingerprint density at radius 1 is 1.05 bits per heavy atom. The number of carboxylic acids is 1. The highest BCUT2D eigenvalue weighted by Crippen LogP contribution is 2.32. The number of rotatable bonds is 3. The van der Waals surface area contributed by atoms with Gasteiger partial charge in [-0.25, -0.2) is 4.39 Å². The Bertz CT molecular complexity index is 660. The summed E-state index contributed by atoms with van der Waals surface area (Å²) in [5.74, 6) is -1.74. The average Bonchev–Trinajstić information content (AvgIpc) is 2.37. The summed E-state index contributed by atoms with van der Waals surface area (Å²) in [6.07, 6.45) is -4.85. The maximum absolute atomic E-state index is 13.2. The molecule has 0 amide bonds. The standard InChI is InChI=1S/C15H10F4O2/c16-12-5-6-13(10(7-12)8-14(20)21)9-1-3-11(4-2-9)15(17,18)19/h1-7H,8H2,(H,20,21). The van der Waals surface area contributed by atoms with E-state index in [1.165, 1.54) is 18.2 Å². The van der Waals surface area contributed by atoms with Crippen molar-refractivity contribution in [3.8, 4) is 11.1 Å². The second-order valence-electron chi connectivity index (χ2n) is 4.45.